The number of pyridine rings is 1. The molecule has 0 spiro atoms. The highest BCUT2D eigenvalue weighted by molar-refractivity contribution is 5.93. The van der Waals surface area contributed by atoms with E-state index >= 15 is 0 Å². The molecule has 2 amide bonds. The van der Waals surface area contributed by atoms with Gasteiger partial charge in [0.2, 0.25) is 5.91 Å². The van der Waals surface area contributed by atoms with E-state index in [-0.39, 0.29) is 23.8 Å². The Morgan fingerprint density at radius 3 is 2.78 bits per heavy atom. The van der Waals surface area contributed by atoms with Crippen molar-refractivity contribution in [2.75, 3.05) is 32.5 Å². The van der Waals surface area contributed by atoms with Crippen LogP contribution < -0.4 is 11.1 Å². The number of rotatable bonds is 5. The van der Waals surface area contributed by atoms with Crippen molar-refractivity contribution in [2.45, 2.75) is 25.8 Å². The van der Waals surface area contributed by atoms with Gasteiger partial charge < -0.3 is 20.7 Å². The van der Waals surface area contributed by atoms with E-state index in [1.165, 1.54) is 6.20 Å². The number of aromatic nitrogens is 1. The highest BCUT2D eigenvalue weighted by Gasteiger charge is 2.28. The molecule has 0 aliphatic carbocycles. The fraction of sp³-hybridized carbons (Fsp3) is 0.562. The predicted octanol–water partition coefficient (Wildman–Crippen LogP) is 0.667. The summed E-state index contributed by atoms with van der Waals surface area (Å²) in [5, 5.41) is 2.94. The Labute approximate surface area is 136 Å². The molecule has 1 aromatic rings. The molecule has 23 heavy (non-hydrogen) atoms. The monoisotopic (exact) mass is 320 g/mol. The molecule has 2 heterocycles. The Morgan fingerprint density at radius 1 is 1.48 bits per heavy atom. The maximum Gasteiger partial charge on any atom is 0.272 e. The number of likely N-dealkylation sites (tertiary alicyclic amines) is 1. The lowest BCUT2D eigenvalue weighted by molar-refractivity contribution is -0.127. The number of hydrogen-bond donors (Lipinski definition) is 2. The first-order chi connectivity index (χ1) is 11.0. The topological polar surface area (TPSA) is 97.5 Å². The summed E-state index contributed by atoms with van der Waals surface area (Å²) in [5.74, 6) is -0.167. The number of amides is 2. The van der Waals surface area contributed by atoms with Crippen LogP contribution in [0.1, 0.15) is 30.3 Å². The number of ether oxygens (including phenoxy) is 1. The molecule has 0 saturated carbocycles. The summed E-state index contributed by atoms with van der Waals surface area (Å²) in [6.45, 7) is 3.49. The molecular weight excluding hydrogens is 296 g/mol. The van der Waals surface area contributed by atoms with Crippen molar-refractivity contribution in [3.05, 3.63) is 24.0 Å². The first-order valence-corrected chi connectivity index (χ1v) is 7.81. The molecule has 2 rings (SSSR count). The van der Waals surface area contributed by atoms with Gasteiger partial charge in [-0.25, -0.2) is 0 Å². The summed E-state index contributed by atoms with van der Waals surface area (Å²) in [6, 6.07) is 3.21. The second kappa shape index (κ2) is 7.92. The van der Waals surface area contributed by atoms with Crippen LogP contribution in [0.3, 0.4) is 0 Å². The smallest absolute Gasteiger partial charge is 0.272 e. The van der Waals surface area contributed by atoms with Crippen LogP contribution in [-0.2, 0) is 9.53 Å². The summed E-state index contributed by atoms with van der Waals surface area (Å²) >= 11 is 0. The van der Waals surface area contributed by atoms with E-state index in [2.05, 4.69) is 10.3 Å². The predicted molar refractivity (Wildman–Crippen MR) is 86.8 cm³/mol. The quantitative estimate of drug-likeness (QED) is 0.831. The molecule has 1 saturated heterocycles. The van der Waals surface area contributed by atoms with Crippen LogP contribution in [0.25, 0.3) is 0 Å². The highest BCUT2D eigenvalue weighted by Crippen LogP contribution is 2.19. The number of carbonyl (C=O) groups excluding carboxylic acids is 2. The van der Waals surface area contributed by atoms with E-state index in [0.29, 0.717) is 43.9 Å². The molecular formula is C16H24N4O3. The van der Waals surface area contributed by atoms with E-state index in [1.807, 2.05) is 6.92 Å². The zero-order valence-electron chi connectivity index (χ0n) is 13.6. The molecule has 0 radical (unpaired) electrons. The molecule has 7 nitrogen and oxygen atoms in total. The molecule has 7 heteroatoms. The number of hydrogen-bond acceptors (Lipinski definition) is 5. The van der Waals surface area contributed by atoms with E-state index in [4.69, 9.17) is 10.5 Å². The molecule has 1 aliphatic heterocycles. The Bertz CT molecular complexity index is 556. The zero-order valence-corrected chi connectivity index (χ0v) is 13.6. The van der Waals surface area contributed by atoms with Crippen molar-refractivity contribution in [1.82, 2.24) is 15.2 Å². The van der Waals surface area contributed by atoms with Gasteiger partial charge in [-0.05, 0) is 31.9 Å². The number of nitrogens with zero attached hydrogens (tertiary/aromatic N) is 2. The number of piperidine rings is 1. The van der Waals surface area contributed by atoms with Crippen LogP contribution >= 0.6 is 0 Å². The van der Waals surface area contributed by atoms with Crippen molar-refractivity contribution in [3.8, 4) is 0 Å². The summed E-state index contributed by atoms with van der Waals surface area (Å²) in [7, 11) is 1.61. The molecule has 1 atom stereocenters. The van der Waals surface area contributed by atoms with E-state index < -0.39 is 0 Å². The van der Waals surface area contributed by atoms with Gasteiger partial charge in [0.1, 0.15) is 5.69 Å². The molecule has 1 aliphatic rings. The van der Waals surface area contributed by atoms with Gasteiger partial charge in [-0.15, -0.1) is 0 Å². The number of nitrogen functional groups attached to an aromatic ring is 1. The third-order valence-corrected chi connectivity index (χ3v) is 3.96. The largest absolute Gasteiger partial charge is 0.399 e. The van der Waals surface area contributed by atoms with Gasteiger partial charge in [0.15, 0.2) is 0 Å². The average Bonchev–Trinajstić information content (AvgIpc) is 2.54. The standard InChI is InChI=1S/C16H24N4O3/c1-11(10-23-2)19-15(21)12-4-7-20(8-5-12)16(22)14-9-13(17)3-6-18-14/h3,6,9,11-12H,4-5,7-8,10H2,1-2H3,(H2,17,18)(H,19,21)/t11-/m1/s1. The minimum Gasteiger partial charge on any atom is -0.399 e. The number of anilines is 1. The van der Waals surface area contributed by atoms with Gasteiger partial charge in [-0.2, -0.15) is 0 Å². The maximum atomic E-state index is 12.4. The van der Waals surface area contributed by atoms with Crippen LogP contribution in [0, 0.1) is 5.92 Å². The minimum atomic E-state index is -0.135. The van der Waals surface area contributed by atoms with Crippen LogP contribution in [0.15, 0.2) is 18.3 Å². The molecule has 0 bridgehead atoms. The second-order valence-electron chi connectivity index (χ2n) is 5.91. The fourth-order valence-corrected chi connectivity index (χ4v) is 2.72. The van der Waals surface area contributed by atoms with Crippen LogP contribution in [0.5, 0.6) is 0 Å². The Kier molecular flexibility index (Phi) is 5.92. The van der Waals surface area contributed by atoms with Gasteiger partial charge in [-0.3, -0.25) is 14.6 Å². The van der Waals surface area contributed by atoms with Gasteiger partial charge in [0.25, 0.3) is 5.91 Å². The number of methoxy groups -OCH3 is 1. The highest BCUT2D eigenvalue weighted by atomic mass is 16.5. The Hall–Kier alpha value is -2.15. The average molecular weight is 320 g/mol. The van der Waals surface area contributed by atoms with Gasteiger partial charge in [0, 0.05) is 44.0 Å². The normalized spacial score (nSPS) is 16.9. The number of nitrogens with one attached hydrogen (secondary N) is 1. The van der Waals surface area contributed by atoms with Gasteiger partial charge in [0.05, 0.1) is 6.61 Å². The van der Waals surface area contributed by atoms with Crippen molar-refractivity contribution < 1.29 is 14.3 Å². The minimum absolute atomic E-state index is 0.0105. The lowest BCUT2D eigenvalue weighted by atomic mass is 9.95. The lowest BCUT2D eigenvalue weighted by Gasteiger charge is -2.31. The molecule has 3 N–H and O–H groups in total. The Balaban J connectivity index is 1.86. The van der Waals surface area contributed by atoms with Crippen molar-refractivity contribution in [3.63, 3.8) is 0 Å². The maximum absolute atomic E-state index is 12.4. The molecule has 0 unspecified atom stereocenters. The van der Waals surface area contributed by atoms with Crippen molar-refractivity contribution in [2.24, 2.45) is 5.92 Å². The molecule has 126 valence electrons. The van der Waals surface area contributed by atoms with Crippen LogP contribution in [0.2, 0.25) is 0 Å². The summed E-state index contributed by atoms with van der Waals surface area (Å²) in [6.07, 6.45) is 2.83. The van der Waals surface area contributed by atoms with Crippen molar-refractivity contribution in [1.29, 1.82) is 0 Å². The third kappa shape index (κ3) is 4.66. The summed E-state index contributed by atoms with van der Waals surface area (Å²) in [4.78, 5) is 30.3. The van der Waals surface area contributed by atoms with Gasteiger partial charge >= 0.3 is 0 Å². The molecule has 1 fully saturated rings. The second-order valence-corrected chi connectivity index (χ2v) is 5.91. The molecule has 0 aromatic carbocycles. The van der Waals surface area contributed by atoms with Gasteiger partial charge in [-0.1, -0.05) is 0 Å². The first kappa shape index (κ1) is 17.2. The first-order valence-electron chi connectivity index (χ1n) is 7.81. The third-order valence-electron chi connectivity index (χ3n) is 3.96. The number of nitrogens with two attached hydrogens (primary N) is 1. The SMILES string of the molecule is COC[C@@H](C)NC(=O)C1CCN(C(=O)c2cc(N)ccn2)CC1. The summed E-state index contributed by atoms with van der Waals surface area (Å²) < 4.78 is 5.01. The van der Waals surface area contributed by atoms with E-state index in [0.717, 1.165) is 0 Å². The number of carbonyl (C=O) groups is 2. The van der Waals surface area contributed by atoms with Crippen LogP contribution in [0.4, 0.5) is 5.69 Å². The molecule has 1 aromatic heterocycles. The summed E-state index contributed by atoms with van der Waals surface area (Å²) in [5.41, 5.74) is 6.55. The zero-order chi connectivity index (χ0) is 16.8. The Morgan fingerprint density at radius 2 is 2.17 bits per heavy atom. The van der Waals surface area contributed by atoms with E-state index in [1.54, 1.807) is 24.1 Å². The van der Waals surface area contributed by atoms with Crippen molar-refractivity contribution >= 4 is 17.5 Å². The van der Waals surface area contributed by atoms with Crippen LogP contribution in [-0.4, -0.2) is 54.5 Å². The van der Waals surface area contributed by atoms with E-state index in [9.17, 15) is 9.59 Å². The lowest BCUT2D eigenvalue weighted by Crippen LogP contribution is -2.45. The fourth-order valence-electron chi connectivity index (χ4n) is 2.72.